The minimum absolute atomic E-state index is 0.498. The number of fused-ring (bicyclic) bond motifs is 1. The number of alkyl halides is 3. The molecular formula is C20H18ClF3N4O2. The third-order valence-corrected chi connectivity index (χ3v) is 4.87. The molecule has 6 nitrogen and oxygen atoms in total. The van der Waals surface area contributed by atoms with E-state index in [1.54, 1.807) is 0 Å². The van der Waals surface area contributed by atoms with Crippen LogP contribution in [0, 0.1) is 0 Å². The van der Waals surface area contributed by atoms with Crippen LogP contribution in [0.2, 0.25) is 5.02 Å². The van der Waals surface area contributed by atoms with E-state index >= 15 is 0 Å². The first-order chi connectivity index (χ1) is 14.1. The number of halogens is 4. The number of aromatic nitrogens is 2. The van der Waals surface area contributed by atoms with Crippen molar-refractivity contribution in [1.29, 1.82) is 0 Å². The van der Waals surface area contributed by atoms with Crippen LogP contribution in [0.3, 0.4) is 0 Å². The Labute approximate surface area is 175 Å². The second-order valence-electron chi connectivity index (χ2n) is 6.69. The molecule has 30 heavy (non-hydrogen) atoms. The molecule has 0 unspecified atom stereocenters. The van der Waals surface area contributed by atoms with E-state index in [2.05, 4.69) is 40.4 Å². The highest BCUT2D eigenvalue weighted by Crippen LogP contribution is 2.26. The highest BCUT2D eigenvalue weighted by atomic mass is 35.5. The Morgan fingerprint density at radius 1 is 1.17 bits per heavy atom. The summed E-state index contributed by atoms with van der Waals surface area (Å²) in [7, 11) is 2.07. The minimum atomic E-state index is -5.08. The molecule has 0 aliphatic carbocycles. The molecule has 2 aromatic carbocycles. The maximum atomic E-state index is 10.6. The summed E-state index contributed by atoms with van der Waals surface area (Å²) in [5.74, 6) is -1.85. The Morgan fingerprint density at radius 3 is 2.40 bits per heavy atom. The summed E-state index contributed by atoms with van der Waals surface area (Å²) in [5, 5.41) is 13.4. The van der Waals surface area contributed by atoms with E-state index in [0.717, 1.165) is 46.0 Å². The fourth-order valence-corrected chi connectivity index (χ4v) is 2.96. The third kappa shape index (κ3) is 5.17. The summed E-state index contributed by atoms with van der Waals surface area (Å²) in [6, 6.07) is 12.7. The number of nitrogens with zero attached hydrogens (tertiary/aromatic N) is 3. The summed E-state index contributed by atoms with van der Waals surface area (Å²) in [6.45, 7) is 2.00. The molecule has 0 saturated carbocycles. The number of aliphatic carboxylic acids is 1. The van der Waals surface area contributed by atoms with Crippen LogP contribution in [0.5, 0.6) is 0 Å². The topological polar surface area (TPSA) is 78.4 Å². The summed E-state index contributed by atoms with van der Waals surface area (Å²) in [5.41, 5.74) is 1.95. The first-order valence-corrected chi connectivity index (χ1v) is 9.28. The van der Waals surface area contributed by atoms with Gasteiger partial charge < -0.3 is 15.3 Å². The lowest BCUT2D eigenvalue weighted by molar-refractivity contribution is -0.192. The molecule has 1 aliphatic rings. The number of hydrogen-bond donors (Lipinski definition) is 2. The molecule has 1 saturated heterocycles. The van der Waals surface area contributed by atoms with Gasteiger partial charge in [0.05, 0.1) is 24.1 Å². The Morgan fingerprint density at radius 2 is 1.80 bits per heavy atom. The van der Waals surface area contributed by atoms with Crippen LogP contribution in [0.4, 0.5) is 19.0 Å². The molecule has 2 heterocycles. The van der Waals surface area contributed by atoms with E-state index < -0.39 is 12.1 Å². The van der Waals surface area contributed by atoms with Gasteiger partial charge in [-0.2, -0.15) is 13.2 Å². The molecule has 4 rings (SSSR count). The van der Waals surface area contributed by atoms with Crippen molar-refractivity contribution in [3.8, 4) is 11.3 Å². The van der Waals surface area contributed by atoms with Gasteiger partial charge in [0.2, 0.25) is 0 Å². The van der Waals surface area contributed by atoms with Gasteiger partial charge >= 0.3 is 12.1 Å². The van der Waals surface area contributed by atoms with Crippen molar-refractivity contribution in [3.63, 3.8) is 0 Å². The lowest BCUT2D eigenvalue weighted by Gasteiger charge is -2.36. The van der Waals surface area contributed by atoms with Crippen molar-refractivity contribution in [2.24, 2.45) is 0 Å². The number of carbonyl (C=O) groups is 1. The normalized spacial score (nSPS) is 13.9. The minimum Gasteiger partial charge on any atom is -0.475 e. The highest BCUT2D eigenvalue weighted by molar-refractivity contribution is 6.31. The Kier molecular flexibility index (Phi) is 6.42. The SMILES string of the molecule is CN(c1cncc(-c2ccc3cc(Cl)ccc3c2)n1)C1CNC1.O=C(O)C(F)(F)F. The highest BCUT2D eigenvalue weighted by Gasteiger charge is 2.38. The van der Waals surface area contributed by atoms with E-state index in [1.807, 2.05) is 30.6 Å². The van der Waals surface area contributed by atoms with Gasteiger partial charge in [0.25, 0.3) is 0 Å². The summed E-state index contributed by atoms with van der Waals surface area (Å²) < 4.78 is 31.7. The number of carboxylic acids is 1. The van der Waals surface area contributed by atoms with Crippen molar-refractivity contribution < 1.29 is 23.1 Å². The fraction of sp³-hybridized carbons (Fsp3) is 0.250. The average Bonchev–Trinajstić information content (AvgIpc) is 2.66. The van der Waals surface area contributed by atoms with Gasteiger partial charge in [0.15, 0.2) is 0 Å². The molecule has 0 bridgehead atoms. The zero-order chi connectivity index (χ0) is 21.9. The zero-order valence-corrected chi connectivity index (χ0v) is 16.6. The molecule has 158 valence electrons. The summed E-state index contributed by atoms with van der Waals surface area (Å²) in [6.07, 6.45) is -1.45. The lowest BCUT2D eigenvalue weighted by atomic mass is 10.1. The van der Waals surface area contributed by atoms with Gasteiger partial charge in [-0.3, -0.25) is 4.98 Å². The summed E-state index contributed by atoms with van der Waals surface area (Å²) >= 11 is 6.05. The number of benzene rings is 2. The predicted molar refractivity (Wildman–Crippen MR) is 109 cm³/mol. The van der Waals surface area contributed by atoms with Crippen LogP contribution in [-0.2, 0) is 4.79 Å². The standard InChI is InChI=1S/C18H17ClN4.C2HF3O2/c1-23(16-8-20-9-16)18-11-21-10-17(22-18)14-3-2-13-7-15(19)5-4-12(13)6-14;3-2(4,5)1(6)7/h2-7,10-11,16,20H,8-9H2,1H3;(H,6,7). The Hall–Kier alpha value is -2.91. The zero-order valence-electron chi connectivity index (χ0n) is 15.8. The lowest BCUT2D eigenvalue weighted by Crippen LogP contribution is -2.56. The van der Waals surface area contributed by atoms with Gasteiger partial charge in [0, 0.05) is 30.7 Å². The van der Waals surface area contributed by atoms with Crippen LogP contribution < -0.4 is 10.2 Å². The molecule has 0 spiro atoms. The number of hydrogen-bond acceptors (Lipinski definition) is 5. The molecule has 1 fully saturated rings. The summed E-state index contributed by atoms with van der Waals surface area (Å²) in [4.78, 5) is 20.2. The second kappa shape index (κ2) is 8.85. The number of carboxylic acid groups (broad SMARTS) is 1. The van der Waals surface area contributed by atoms with E-state index in [4.69, 9.17) is 26.5 Å². The predicted octanol–water partition coefficient (Wildman–Crippen LogP) is 3.99. The van der Waals surface area contributed by atoms with E-state index in [1.165, 1.54) is 0 Å². The number of likely N-dealkylation sites (N-methyl/N-ethyl adjacent to an activating group) is 1. The largest absolute Gasteiger partial charge is 0.490 e. The van der Waals surface area contributed by atoms with Crippen molar-refractivity contribution >= 4 is 34.2 Å². The first kappa shape index (κ1) is 21.8. The smallest absolute Gasteiger partial charge is 0.475 e. The molecule has 0 amide bonds. The van der Waals surface area contributed by atoms with Crippen molar-refractivity contribution in [2.75, 3.05) is 25.0 Å². The maximum absolute atomic E-state index is 10.6. The van der Waals surface area contributed by atoms with Gasteiger partial charge in [-0.05, 0) is 29.0 Å². The van der Waals surface area contributed by atoms with Gasteiger partial charge in [-0.15, -0.1) is 0 Å². The van der Waals surface area contributed by atoms with Crippen LogP contribution in [0.15, 0.2) is 48.8 Å². The van der Waals surface area contributed by atoms with E-state index in [9.17, 15) is 13.2 Å². The molecule has 0 radical (unpaired) electrons. The van der Waals surface area contributed by atoms with Crippen LogP contribution in [0.25, 0.3) is 22.0 Å². The molecule has 0 atom stereocenters. The average molecular weight is 439 g/mol. The maximum Gasteiger partial charge on any atom is 0.490 e. The van der Waals surface area contributed by atoms with Crippen LogP contribution in [0.1, 0.15) is 0 Å². The monoisotopic (exact) mass is 438 g/mol. The molecule has 1 aromatic heterocycles. The number of anilines is 1. The van der Waals surface area contributed by atoms with E-state index in [0.29, 0.717) is 6.04 Å². The van der Waals surface area contributed by atoms with Gasteiger partial charge in [-0.25, -0.2) is 9.78 Å². The van der Waals surface area contributed by atoms with Gasteiger partial charge in [0.1, 0.15) is 5.82 Å². The van der Waals surface area contributed by atoms with Crippen LogP contribution >= 0.6 is 11.6 Å². The van der Waals surface area contributed by atoms with E-state index in [-0.39, 0.29) is 0 Å². The van der Waals surface area contributed by atoms with Crippen molar-refractivity contribution in [2.45, 2.75) is 12.2 Å². The van der Waals surface area contributed by atoms with Gasteiger partial charge in [-0.1, -0.05) is 29.8 Å². The molecule has 3 aromatic rings. The first-order valence-electron chi connectivity index (χ1n) is 8.90. The van der Waals surface area contributed by atoms with Crippen molar-refractivity contribution in [1.82, 2.24) is 15.3 Å². The Balaban J connectivity index is 0.000000318. The quantitative estimate of drug-likeness (QED) is 0.643. The number of nitrogens with one attached hydrogen (secondary N) is 1. The second-order valence-corrected chi connectivity index (χ2v) is 7.13. The molecule has 1 aliphatic heterocycles. The fourth-order valence-electron chi connectivity index (χ4n) is 2.77. The molecular weight excluding hydrogens is 421 g/mol. The molecule has 10 heteroatoms. The Bertz CT molecular complexity index is 1060. The third-order valence-electron chi connectivity index (χ3n) is 4.63. The molecule has 2 N–H and O–H groups in total. The van der Waals surface area contributed by atoms with Crippen LogP contribution in [-0.4, -0.2) is 53.4 Å². The number of rotatable bonds is 3. The van der Waals surface area contributed by atoms with Crippen molar-refractivity contribution in [3.05, 3.63) is 53.8 Å².